The summed E-state index contributed by atoms with van der Waals surface area (Å²) in [5, 5.41) is 16.9. The van der Waals surface area contributed by atoms with Crippen LogP contribution in [0.3, 0.4) is 0 Å². The first kappa shape index (κ1) is 22.9. The molecule has 0 spiro atoms. The van der Waals surface area contributed by atoms with Gasteiger partial charge in [-0.15, -0.1) is 0 Å². The van der Waals surface area contributed by atoms with Crippen LogP contribution in [0.4, 0.5) is 11.8 Å². The van der Waals surface area contributed by atoms with Crippen LogP contribution in [0.1, 0.15) is 70.8 Å². The third-order valence-corrected chi connectivity index (χ3v) is 6.63. The zero-order chi connectivity index (χ0) is 22.3. The van der Waals surface area contributed by atoms with Gasteiger partial charge < -0.3 is 15.7 Å². The highest BCUT2D eigenvalue weighted by molar-refractivity contribution is 5.73. The van der Waals surface area contributed by atoms with E-state index in [0.29, 0.717) is 18.0 Å². The van der Waals surface area contributed by atoms with Crippen LogP contribution in [0.25, 0.3) is 11.3 Å². The topological polar surface area (TPSA) is 86.2 Å². The minimum atomic E-state index is -0.171. The standard InChI is InChI=1S/C25H38N6O/c1-3-6-18(2)28-25-27-16-22(24(30-25)29-20-8-10-21(32)11-9-20)23-12-7-19(15-26-23)17-31-13-4-5-14-31/h7,12,15-16,18,20-21,32H,3-6,8-11,13-14,17H2,1-2H3,(H2,27,28,29,30). The molecule has 0 bridgehead atoms. The summed E-state index contributed by atoms with van der Waals surface area (Å²) in [4.78, 5) is 16.7. The molecule has 2 aliphatic rings. The molecule has 2 aromatic rings. The van der Waals surface area contributed by atoms with E-state index < -0.39 is 0 Å². The first-order valence-electron chi connectivity index (χ1n) is 12.4. The van der Waals surface area contributed by atoms with Crippen LogP contribution in [-0.2, 0) is 6.54 Å². The fourth-order valence-corrected chi connectivity index (χ4v) is 4.76. The van der Waals surface area contributed by atoms with Crippen LogP contribution < -0.4 is 10.6 Å². The maximum Gasteiger partial charge on any atom is 0.224 e. The van der Waals surface area contributed by atoms with Gasteiger partial charge in [-0.25, -0.2) is 4.98 Å². The Morgan fingerprint density at radius 3 is 2.56 bits per heavy atom. The van der Waals surface area contributed by atoms with Crippen molar-refractivity contribution in [1.29, 1.82) is 0 Å². The number of nitrogens with zero attached hydrogens (tertiary/aromatic N) is 4. The van der Waals surface area contributed by atoms with Crippen molar-refractivity contribution >= 4 is 11.8 Å². The Morgan fingerprint density at radius 1 is 1.09 bits per heavy atom. The second-order valence-electron chi connectivity index (χ2n) is 9.47. The molecule has 32 heavy (non-hydrogen) atoms. The molecule has 3 heterocycles. The van der Waals surface area contributed by atoms with Crippen LogP contribution in [0.15, 0.2) is 24.5 Å². The number of aliphatic hydroxyl groups is 1. The number of rotatable bonds is 9. The average Bonchev–Trinajstić information content (AvgIpc) is 3.30. The summed E-state index contributed by atoms with van der Waals surface area (Å²) >= 11 is 0. The fraction of sp³-hybridized carbons (Fsp3) is 0.640. The fourth-order valence-electron chi connectivity index (χ4n) is 4.76. The van der Waals surface area contributed by atoms with E-state index in [4.69, 9.17) is 9.97 Å². The smallest absolute Gasteiger partial charge is 0.224 e. The molecule has 1 saturated carbocycles. The highest BCUT2D eigenvalue weighted by Gasteiger charge is 2.22. The highest BCUT2D eigenvalue weighted by Crippen LogP contribution is 2.29. The molecule has 1 unspecified atom stereocenters. The SMILES string of the molecule is CCCC(C)Nc1ncc(-c2ccc(CN3CCCC3)cn2)c(NC2CCC(O)CC2)n1. The van der Waals surface area contributed by atoms with Gasteiger partial charge in [-0.1, -0.05) is 19.4 Å². The zero-order valence-electron chi connectivity index (χ0n) is 19.6. The summed E-state index contributed by atoms with van der Waals surface area (Å²) < 4.78 is 0. The molecule has 7 heteroatoms. The number of pyridine rings is 1. The highest BCUT2D eigenvalue weighted by atomic mass is 16.3. The molecule has 0 amide bonds. The molecule has 7 nitrogen and oxygen atoms in total. The van der Waals surface area contributed by atoms with Gasteiger partial charge in [0.1, 0.15) is 5.82 Å². The minimum absolute atomic E-state index is 0.171. The van der Waals surface area contributed by atoms with E-state index in [1.54, 1.807) is 0 Å². The summed E-state index contributed by atoms with van der Waals surface area (Å²) in [6.45, 7) is 7.69. The van der Waals surface area contributed by atoms with Gasteiger partial charge in [0.25, 0.3) is 0 Å². The number of hydrogen-bond donors (Lipinski definition) is 3. The Kier molecular flexibility index (Phi) is 7.92. The van der Waals surface area contributed by atoms with Crippen LogP contribution >= 0.6 is 0 Å². The Balaban J connectivity index is 1.53. The van der Waals surface area contributed by atoms with Crippen molar-refractivity contribution in [3.05, 3.63) is 30.1 Å². The number of hydrogen-bond acceptors (Lipinski definition) is 7. The maximum atomic E-state index is 9.87. The van der Waals surface area contributed by atoms with Gasteiger partial charge in [0.05, 0.1) is 17.4 Å². The maximum absolute atomic E-state index is 9.87. The van der Waals surface area contributed by atoms with E-state index >= 15 is 0 Å². The van der Waals surface area contributed by atoms with Gasteiger partial charge in [0, 0.05) is 31.0 Å². The molecule has 1 atom stereocenters. The quantitative estimate of drug-likeness (QED) is 0.533. The number of anilines is 2. The lowest BCUT2D eigenvalue weighted by molar-refractivity contribution is 0.126. The summed E-state index contributed by atoms with van der Waals surface area (Å²) in [7, 11) is 0. The normalized spacial score (nSPS) is 22.6. The lowest BCUT2D eigenvalue weighted by Crippen LogP contribution is -2.29. The third-order valence-electron chi connectivity index (χ3n) is 6.63. The van der Waals surface area contributed by atoms with Crippen LogP contribution in [0, 0.1) is 0 Å². The average molecular weight is 439 g/mol. The van der Waals surface area contributed by atoms with E-state index in [0.717, 1.165) is 62.1 Å². The van der Waals surface area contributed by atoms with Crippen LogP contribution in [0.5, 0.6) is 0 Å². The second-order valence-corrected chi connectivity index (χ2v) is 9.47. The lowest BCUT2D eigenvalue weighted by Gasteiger charge is -2.27. The van der Waals surface area contributed by atoms with E-state index in [1.807, 2.05) is 12.4 Å². The van der Waals surface area contributed by atoms with Gasteiger partial charge in [-0.2, -0.15) is 4.98 Å². The van der Waals surface area contributed by atoms with Crippen molar-refractivity contribution in [1.82, 2.24) is 19.9 Å². The number of aromatic nitrogens is 3. The Hall–Kier alpha value is -2.25. The van der Waals surface area contributed by atoms with Gasteiger partial charge in [-0.3, -0.25) is 9.88 Å². The van der Waals surface area contributed by atoms with Crippen molar-refractivity contribution in [3.63, 3.8) is 0 Å². The molecule has 1 aliphatic heterocycles. The molecule has 2 aromatic heterocycles. The van der Waals surface area contributed by atoms with Gasteiger partial charge in [-0.05, 0) is 76.6 Å². The van der Waals surface area contributed by atoms with Crippen molar-refractivity contribution in [2.24, 2.45) is 0 Å². The van der Waals surface area contributed by atoms with Crippen molar-refractivity contribution < 1.29 is 5.11 Å². The van der Waals surface area contributed by atoms with E-state index in [2.05, 4.69) is 46.5 Å². The largest absolute Gasteiger partial charge is 0.393 e. The first-order chi connectivity index (χ1) is 15.6. The molecular formula is C25H38N6O. The second kappa shape index (κ2) is 11.1. The van der Waals surface area contributed by atoms with Crippen molar-refractivity contribution in [2.45, 2.75) is 89.9 Å². The summed E-state index contributed by atoms with van der Waals surface area (Å²) in [6.07, 6.45) is 12.1. The predicted molar refractivity (Wildman–Crippen MR) is 130 cm³/mol. The lowest BCUT2D eigenvalue weighted by atomic mass is 9.93. The van der Waals surface area contributed by atoms with Crippen LogP contribution in [0.2, 0.25) is 0 Å². The molecular weight excluding hydrogens is 400 g/mol. The molecule has 4 rings (SSSR count). The van der Waals surface area contributed by atoms with Gasteiger partial charge >= 0.3 is 0 Å². The van der Waals surface area contributed by atoms with Crippen molar-refractivity contribution in [3.8, 4) is 11.3 Å². The molecule has 174 valence electrons. The number of aliphatic hydroxyl groups excluding tert-OH is 1. The minimum Gasteiger partial charge on any atom is -0.393 e. The summed E-state index contributed by atoms with van der Waals surface area (Å²) in [6, 6.07) is 4.90. The molecule has 1 aliphatic carbocycles. The molecule has 1 saturated heterocycles. The molecule has 0 aromatic carbocycles. The summed E-state index contributed by atoms with van der Waals surface area (Å²) in [5.41, 5.74) is 3.07. The first-order valence-corrected chi connectivity index (χ1v) is 12.4. The predicted octanol–water partition coefficient (Wildman–Crippen LogP) is 4.45. The Labute approximate surface area is 192 Å². The Bertz CT molecular complexity index is 844. The summed E-state index contributed by atoms with van der Waals surface area (Å²) in [5.74, 6) is 1.48. The van der Waals surface area contributed by atoms with E-state index in [9.17, 15) is 5.11 Å². The third kappa shape index (κ3) is 6.17. The van der Waals surface area contributed by atoms with Crippen LogP contribution in [-0.4, -0.2) is 56.2 Å². The molecule has 2 fully saturated rings. The molecule has 3 N–H and O–H groups in total. The zero-order valence-corrected chi connectivity index (χ0v) is 19.6. The Morgan fingerprint density at radius 2 is 1.88 bits per heavy atom. The van der Waals surface area contributed by atoms with Crippen molar-refractivity contribution in [2.75, 3.05) is 23.7 Å². The van der Waals surface area contributed by atoms with Gasteiger partial charge in [0.15, 0.2) is 0 Å². The molecule has 0 radical (unpaired) electrons. The monoisotopic (exact) mass is 438 g/mol. The number of nitrogens with one attached hydrogen (secondary N) is 2. The van der Waals surface area contributed by atoms with E-state index in [1.165, 1.54) is 31.5 Å². The van der Waals surface area contributed by atoms with Gasteiger partial charge in [0.2, 0.25) is 5.95 Å². The number of likely N-dealkylation sites (tertiary alicyclic amines) is 1. The van der Waals surface area contributed by atoms with E-state index in [-0.39, 0.29) is 6.10 Å².